The molecule has 0 radical (unpaired) electrons. The zero-order chi connectivity index (χ0) is 14.0. The van der Waals surface area contributed by atoms with Gasteiger partial charge < -0.3 is 4.74 Å². The number of hydrogen-bond acceptors (Lipinski definition) is 3. The molecule has 0 amide bonds. The fraction of sp³-hybridized carbons (Fsp3) is 0.875. The third-order valence-electron chi connectivity index (χ3n) is 6.28. The quantitative estimate of drug-likeness (QED) is 0.684. The molecule has 0 heterocycles. The van der Waals surface area contributed by atoms with Crippen LogP contribution in [0.15, 0.2) is 0 Å². The Hall–Kier alpha value is -0.860. The van der Waals surface area contributed by atoms with E-state index in [0.717, 1.165) is 6.42 Å². The molecule has 3 aliphatic rings. The van der Waals surface area contributed by atoms with Crippen molar-refractivity contribution in [2.45, 2.75) is 46.5 Å². The van der Waals surface area contributed by atoms with Crippen LogP contribution in [0, 0.1) is 34.5 Å². The molecule has 3 saturated carbocycles. The summed E-state index contributed by atoms with van der Waals surface area (Å²) in [4.78, 5) is 24.5. The van der Waals surface area contributed by atoms with Crippen LogP contribution in [0.4, 0.5) is 0 Å². The normalized spacial score (nSPS) is 47.1. The van der Waals surface area contributed by atoms with Gasteiger partial charge in [-0.1, -0.05) is 20.8 Å². The van der Waals surface area contributed by atoms with Crippen LogP contribution >= 0.6 is 0 Å². The van der Waals surface area contributed by atoms with Crippen molar-refractivity contribution >= 4 is 11.8 Å². The van der Waals surface area contributed by atoms with Crippen molar-refractivity contribution in [2.24, 2.45) is 34.5 Å². The summed E-state index contributed by atoms with van der Waals surface area (Å²) in [6.45, 7) is 6.59. The molecule has 0 aromatic carbocycles. The predicted molar refractivity (Wildman–Crippen MR) is 71.3 cm³/mol. The van der Waals surface area contributed by atoms with Crippen molar-refractivity contribution in [3.05, 3.63) is 0 Å². The number of esters is 1. The number of carbonyl (C=O) groups excluding carboxylic acids is 2. The summed E-state index contributed by atoms with van der Waals surface area (Å²) in [5, 5.41) is 0. The van der Waals surface area contributed by atoms with Gasteiger partial charge in [0.25, 0.3) is 0 Å². The van der Waals surface area contributed by atoms with E-state index in [4.69, 9.17) is 4.74 Å². The van der Waals surface area contributed by atoms with E-state index in [1.165, 1.54) is 13.5 Å². The molecule has 0 aliphatic heterocycles. The largest absolute Gasteiger partial charge is 0.469 e. The average molecular weight is 264 g/mol. The molecule has 0 saturated heterocycles. The predicted octanol–water partition coefficient (Wildman–Crippen LogP) is 2.83. The zero-order valence-corrected chi connectivity index (χ0v) is 12.4. The van der Waals surface area contributed by atoms with E-state index in [1.807, 2.05) is 0 Å². The molecule has 4 bridgehead atoms. The maximum atomic E-state index is 12.3. The van der Waals surface area contributed by atoms with Crippen LogP contribution in [-0.2, 0) is 14.3 Å². The Morgan fingerprint density at radius 2 is 1.89 bits per heavy atom. The summed E-state index contributed by atoms with van der Waals surface area (Å²) in [6.07, 6.45) is 3.54. The molecular weight excluding hydrogens is 240 g/mol. The van der Waals surface area contributed by atoms with Gasteiger partial charge in [0.1, 0.15) is 5.78 Å². The lowest BCUT2D eigenvalue weighted by Crippen LogP contribution is -2.41. The van der Waals surface area contributed by atoms with E-state index in [1.54, 1.807) is 0 Å². The Labute approximate surface area is 115 Å². The molecule has 3 rings (SSSR count). The first-order valence-electron chi connectivity index (χ1n) is 7.41. The summed E-state index contributed by atoms with van der Waals surface area (Å²) in [7, 11) is 1.47. The van der Waals surface area contributed by atoms with Gasteiger partial charge >= 0.3 is 5.97 Å². The van der Waals surface area contributed by atoms with E-state index in [-0.39, 0.29) is 22.7 Å². The highest BCUT2D eigenvalue weighted by Gasteiger charge is 2.68. The lowest BCUT2D eigenvalue weighted by molar-refractivity contribution is -0.154. The highest BCUT2D eigenvalue weighted by atomic mass is 16.5. The van der Waals surface area contributed by atoms with E-state index < -0.39 is 0 Å². The van der Waals surface area contributed by atoms with E-state index in [2.05, 4.69) is 20.8 Å². The minimum absolute atomic E-state index is 0.0312. The number of rotatable bonds is 1. The first kappa shape index (κ1) is 13.1. The lowest BCUT2D eigenvalue weighted by Gasteiger charge is -2.39. The minimum Gasteiger partial charge on any atom is -0.469 e. The van der Waals surface area contributed by atoms with E-state index in [0.29, 0.717) is 36.4 Å². The molecule has 0 aromatic rings. The second kappa shape index (κ2) is 3.83. The standard InChI is InChI=1S/C16H24O3/c1-15(2)7-9(17)8-16(3)11-6-5-10(12(11)15)13(16)14(18)19-4/h10-13H,5-8H2,1-4H3/t10-,11+,12-,13+,16-/m0/s1. The summed E-state index contributed by atoms with van der Waals surface area (Å²) >= 11 is 0. The number of carbonyl (C=O) groups is 2. The third kappa shape index (κ3) is 1.56. The fourth-order valence-corrected chi connectivity index (χ4v) is 5.91. The van der Waals surface area contributed by atoms with Crippen LogP contribution in [-0.4, -0.2) is 18.9 Å². The number of ketones is 1. The molecule has 0 unspecified atom stereocenters. The van der Waals surface area contributed by atoms with Crippen molar-refractivity contribution in [1.82, 2.24) is 0 Å². The van der Waals surface area contributed by atoms with Crippen LogP contribution in [0.2, 0.25) is 0 Å². The molecule has 19 heavy (non-hydrogen) atoms. The van der Waals surface area contributed by atoms with Crippen molar-refractivity contribution < 1.29 is 14.3 Å². The summed E-state index contributed by atoms with van der Waals surface area (Å²) in [5.41, 5.74) is -0.130. The summed E-state index contributed by atoms with van der Waals surface area (Å²) < 4.78 is 5.05. The van der Waals surface area contributed by atoms with Crippen LogP contribution in [0.3, 0.4) is 0 Å². The molecule has 3 fully saturated rings. The zero-order valence-electron chi connectivity index (χ0n) is 12.4. The lowest BCUT2D eigenvalue weighted by atomic mass is 9.64. The fourth-order valence-electron chi connectivity index (χ4n) is 5.91. The highest BCUT2D eigenvalue weighted by Crippen LogP contribution is 2.70. The van der Waals surface area contributed by atoms with E-state index in [9.17, 15) is 9.59 Å². The van der Waals surface area contributed by atoms with Gasteiger partial charge in [0.05, 0.1) is 13.0 Å². The van der Waals surface area contributed by atoms with Crippen LogP contribution in [0.5, 0.6) is 0 Å². The van der Waals surface area contributed by atoms with Gasteiger partial charge in [-0.05, 0) is 41.4 Å². The van der Waals surface area contributed by atoms with Crippen molar-refractivity contribution in [3.8, 4) is 0 Å². The molecule has 3 heteroatoms. The first-order valence-corrected chi connectivity index (χ1v) is 7.41. The van der Waals surface area contributed by atoms with Gasteiger partial charge in [-0.25, -0.2) is 0 Å². The van der Waals surface area contributed by atoms with E-state index >= 15 is 0 Å². The first-order chi connectivity index (χ1) is 8.81. The average Bonchev–Trinajstić information content (AvgIpc) is 2.78. The number of Topliss-reactive ketones (excluding diaryl/α,β-unsaturated/α-hetero) is 1. The van der Waals surface area contributed by atoms with Crippen molar-refractivity contribution in [3.63, 3.8) is 0 Å². The molecule has 3 nitrogen and oxygen atoms in total. The topological polar surface area (TPSA) is 43.4 Å². The number of methoxy groups -OCH3 is 1. The Bertz CT molecular complexity index is 439. The summed E-state index contributed by atoms with van der Waals surface area (Å²) in [5.74, 6) is 1.62. The van der Waals surface area contributed by atoms with Crippen LogP contribution in [0.25, 0.3) is 0 Å². The Balaban J connectivity index is 2.09. The van der Waals surface area contributed by atoms with Gasteiger partial charge in [-0.2, -0.15) is 0 Å². The molecule has 0 aromatic heterocycles. The maximum absolute atomic E-state index is 12.3. The molecule has 3 aliphatic carbocycles. The van der Waals surface area contributed by atoms with Gasteiger partial charge in [0.15, 0.2) is 0 Å². The Morgan fingerprint density at radius 1 is 1.21 bits per heavy atom. The molecular formula is C16H24O3. The SMILES string of the molecule is COC(=O)[C@H]1[C@H]2CC[C@@H]3[C@H]2C(C)(C)CC(=O)C[C@@]31C. The van der Waals surface area contributed by atoms with Crippen LogP contribution < -0.4 is 0 Å². The smallest absolute Gasteiger partial charge is 0.309 e. The second-order valence-corrected chi connectivity index (χ2v) is 7.76. The van der Waals surface area contributed by atoms with Gasteiger partial charge in [0.2, 0.25) is 0 Å². The van der Waals surface area contributed by atoms with Gasteiger partial charge in [-0.15, -0.1) is 0 Å². The second-order valence-electron chi connectivity index (χ2n) is 7.76. The summed E-state index contributed by atoms with van der Waals surface area (Å²) in [6, 6.07) is 0. The maximum Gasteiger partial charge on any atom is 0.309 e. The van der Waals surface area contributed by atoms with Crippen LogP contribution in [0.1, 0.15) is 46.5 Å². The monoisotopic (exact) mass is 264 g/mol. The highest BCUT2D eigenvalue weighted by molar-refractivity contribution is 5.83. The Kier molecular flexibility index (Phi) is 2.65. The van der Waals surface area contributed by atoms with Crippen molar-refractivity contribution in [2.75, 3.05) is 7.11 Å². The third-order valence-corrected chi connectivity index (χ3v) is 6.28. The van der Waals surface area contributed by atoms with Gasteiger partial charge in [0, 0.05) is 12.8 Å². The Morgan fingerprint density at radius 3 is 2.53 bits per heavy atom. The molecule has 5 atom stereocenters. The molecule has 0 N–H and O–H groups in total. The molecule has 106 valence electrons. The number of ether oxygens (including phenoxy) is 1. The number of hydrogen-bond donors (Lipinski definition) is 0. The molecule has 0 spiro atoms. The van der Waals surface area contributed by atoms with Crippen molar-refractivity contribution in [1.29, 1.82) is 0 Å². The minimum atomic E-state index is -0.161. The van der Waals surface area contributed by atoms with Gasteiger partial charge in [-0.3, -0.25) is 9.59 Å².